The van der Waals surface area contributed by atoms with Gasteiger partial charge in [-0.05, 0) is 12.1 Å². The highest BCUT2D eigenvalue weighted by Gasteiger charge is 1.74. The van der Waals surface area contributed by atoms with E-state index < -0.39 is 0 Å². The van der Waals surface area contributed by atoms with Crippen LogP contribution in [0.25, 0.3) is 0 Å². The number of phenolic OH excluding ortho intramolecular Hbond substituents is 1. The van der Waals surface area contributed by atoms with Crippen LogP contribution in [0.4, 0.5) is 0 Å². The fourth-order valence-corrected chi connectivity index (χ4v) is 0.428. The fraction of sp³-hybridized carbons (Fsp3) is 0. The number of rotatable bonds is 0. The van der Waals surface area contributed by atoms with E-state index >= 15 is 0 Å². The Labute approximate surface area is 72.0 Å². The summed E-state index contributed by atoms with van der Waals surface area (Å²) in [6, 6.07) is 8.71. The maximum absolute atomic E-state index is 8.63. The predicted molar refractivity (Wildman–Crippen MR) is 46.2 cm³/mol. The Kier molecular flexibility index (Phi) is 13.9. The lowest BCUT2D eigenvalue weighted by Crippen LogP contribution is -1.56. The molecule has 0 aliphatic rings. The molecule has 2 nitrogen and oxygen atoms in total. The number of aromatic hydroxyl groups is 1. The molecule has 0 bridgehead atoms. The highest BCUT2D eigenvalue weighted by Crippen LogP contribution is 2.02. The molecule has 1 aromatic rings. The molecule has 3 N–H and O–H groups in total. The molecule has 4 heteroatoms. The highest BCUT2D eigenvalue weighted by atomic mass is 35.5. The van der Waals surface area contributed by atoms with Crippen molar-refractivity contribution in [2.45, 2.75) is 0 Å². The van der Waals surface area contributed by atoms with Crippen molar-refractivity contribution in [1.82, 2.24) is 0 Å². The Hall–Kier alpha value is -0.440. The molecule has 0 aliphatic heterocycles. The number of halogens is 2. The minimum absolute atomic E-state index is 0. The van der Waals surface area contributed by atoms with Crippen molar-refractivity contribution in [3.63, 3.8) is 0 Å². The maximum atomic E-state index is 8.63. The van der Waals surface area contributed by atoms with E-state index in [1.165, 1.54) is 0 Å². The molecule has 0 spiro atoms. The third-order valence-electron chi connectivity index (χ3n) is 0.756. The Morgan fingerprint density at radius 2 is 1.30 bits per heavy atom. The van der Waals surface area contributed by atoms with Gasteiger partial charge in [-0.15, -0.1) is 24.8 Å². The summed E-state index contributed by atoms with van der Waals surface area (Å²) in [5.41, 5.74) is 0. The first-order chi connectivity index (χ1) is 3.39. The standard InChI is InChI=1S/C6H6O.2ClH.H2O/c7-6-4-2-1-3-5-6;;;/h1-5,7H;2*1H;1H2. The second-order valence-corrected chi connectivity index (χ2v) is 1.34. The molecule has 60 valence electrons. The smallest absolute Gasteiger partial charge is 0.115 e. The van der Waals surface area contributed by atoms with Crippen LogP contribution >= 0.6 is 24.8 Å². The summed E-state index contributed by atoms with van der Waals surface area (Å²) in [5, 5.41) is 8.63. The minimum atomic E-state index is 0. The van der Waals surface area contributed by atoms with E-state index in [9.17, 15) is 0 Å². The summed E-state index contributed by atoms with van der Waals surface area (Å²) in [4.78, 5) is 0. The first-order valence-corrected chi connectivity index (χ1v) is 2.13. The van der Waals surface area contributed by atoms with Gasteiger partial charge in [0, 0.05) is 0 Å². The normalized spacial score (nSPS) is 6.00. The van der Waals surface area contributed by atoms with Gasteiger partial charge in [-0.3, -0.25) is 0 Å². The Bertz CT molecular complexity index is 144. The second kappa shape index (κ2) is 8.56. The van der Waals surface area contributed by atoms with Gasteiger partial charge in [0.25, 0.3) is 0 Å². The average Bonchev–Trinajstić information content (AvgIpc) is 1.69. The Balaban J connectivity index is -0.000000163. The summed E-state index contributed by atoms with van der Waals surface area (Å²) >= 11 is 0. The predicted octanol–water partition coefficient (Wildman–Crippen LogP) is 1.41. The average molecular weight is 185 g/mol. The van der Waals surface area contributed by atoms with Gasteiger partial charge in [-0.25, -0.2) is 0 Å². The second-order valence-electron chi connectivity index (χ2n) is 1.34. The molecule has 0 amide bonds. The summed E-state index contributed by atoms with van der Waals surface area (Å²) in [6.07, 6.45) is 0. The number of para-hydroxylation sites is 1. The van der Waals surface area contributed by atoms with Crippen LogP contribution in [0.2, 0.25) is 0 Å². The molecule has 1 rings (SSSR count). The molecule has 0 aromatic heterocycles. The molecule has 0 saturated carbocycles. The van der Waals surface area contributed by atoms with Gasteiger partial charge in [0.2, 0.25) is 0 Å². The summed E-state index contributed by atoms with van der Waals surface area (Å²) in [5.74, 6) is 0.322. The molecule has 0 heterocycles. The van der Waals surface area contributed by atoms with Crippen LogP contribution in [-0.4, -0.2) is 10.6 Å². The van der Waals surface area contributed by atoms with Gasteiger partial charge in [0.05, 0.1) is 0 Å². The SMILES string of the molecule is Cl.Cl.O.Oc1ccccc1. The molecule has 0 aliphatic carbocycles. The van der Waals surface area contributed by atoms with Crippen molar-refractivity contribution in [3.8, 4) is 5.75 Å². The van der Waals surface area contributed by atoms with E-state index in [1.807, 2.05) is 6.07 Å². The minimum Gasteiger partial charge on any atom is -0.508 e. The van der Waals surface area contributed by atoms with Gasteiger partial charge in [-0.2, -0.15) is 0 Å². The van der Waals surface area contributed by atoms with Gasteiger partial charge < -0.3 is 10.6 Å². The van der Waals surface area contributed by atoms with Crippen LogP contribution < -0.4 is 0 Å². The number of hydrogen-bond acceptors (Lipinski definition) is 1. The molecule has 0 saturated heterocycles. The molecular weight excluding hydrogens is 175 g/mol. The lowest BCUT2D eigenvalue weighted by molar-refractivity contribution is 0.475. The van der Waals surface area contributed by atoms with E-state index in [0.717, 1.165) is 0 Å². The van der Waals surface area contributed by atoms with E-state index in [0.29, 0.717) is 5.75 Å². The Morgan fingerprint density at radius 3 is 1.50 bits per heavy atom. The molecule has 0 atom stereocenters. The fourth-order valence-electron chi connectivity index (χ4n) is 0.428. The van der Waals surface area contributed by atoms with Gasteiger partial charge in [0.15, 0.2) is 0 Å². The van der Waals surface area contributed by atoms with Crippen LogP contribution in [0, 0.1) is 0 Å². The monoisotopic (exact) mass is 184 g/mol. The van der Waals surface area contributed by atoms with Crippen molar-refractivity contribution >= 4 is 24.8 Å². The van der Waals surface area contributed by atoms with Gasteiger partial charge >= 0.3 is 0 Å². The first-order valence-electron chi connectivity index (χ1n) is 2.13. The van der Waals surface area contributed by atoms with E-state index in [1.54, 1.807) is 24.3 Å². The lowest BCUT2D eigenvalue weighted by Gasteiger charge is -1.82. The van der Waals surface area contributed by atoms with Crippen LogP contribution in [0.5, 0.6) is 5.75 Å². The number of benzene rings is 1. The summed E-state index contributed by atoms with van der Waals surface area (Å²) in [7, 11) is 0. The zero-order chi connectivity index (χ0) is 5.11. The molecule has 0 fully saturated rings. The summed E-state index contributed by atoms with van der Waals surface area (Å²) < 4.78 is 0. The first kappa shape index (κ1) is 16.3. The molecule has 0 radical (unpaired) electrons. The van der Waals surface area contributed by atoms with Crippen molar-refractivity contribution in [3.05, 3.63) is 30.3 Å². The molecule has 10 heavy (non-hydrogen) atoms. The van der Waals surface area contributed by atoms with Gasteiger partial charge in [0.1, 0.15) is 5.75 Å². The topological polar surface area (TPSA) is 51.7 Å². The molecular formula is C6H10Cl2O2. The van der Waals surface area contributed by atoms with Crippen molar-refractivity contribution in [2.24, 2.45) is 0 Å². The maximum Gasteiger partial charge on any atom is 0.115 e. The van der Waals surface area contributed by atoms with Crippen LogP contribution in [0.15, 0.2) is 30.3 Å². The Morgan fingerprint density at radius 1 is 0.900 bits per heavy atom. The number of phenols is 1. The molecule has 0 unspecified atom stereocenters. The van der Waals surface area contributed by atoms with E-state index in [2.05, 4.69) is 0 Å². The van der Waals surface area contributed by atoms with Crippen LogP contribution in [-0.2, 0) is 0 Å². The van der Waals surface area contributed by atoms with E-state index in [-0.39, 0.29) is 30.3 Å². The van der Waals surface area contributed by atoms with Crippen molar-refractivity contribution in [2.75, 3.05) is 0 Å². The quantitative estimate of drug-likeness (QED) is 0.652. The zero-order valence-electron chi connectivity index (χ0n) is 5.15. The van der Waals surface area contributed by atoms with Crippen LogP contribution in [0.3, 0.4) is 0 Å². The summed E-state index contributed by atoms with van der Waals surface area (Å²) in [6.45, 7) is 0. The zero-order valence-corrected chi connectivity index (χ0v) is 6.78. The third kappa shape index (κ3) is 5.69. The largest absolute Gasteiger partial charge is 0.508 e. The molecule has 1 aromatic carbocycles. The van der Waals surface area contributed by atoms with E-state index in [4.69, 9.17) is 5.11 Å². The van der Waals surface area contributed by atoms with Gasteiger partial charge in [-0.1, -0.05) is 18.2 Å². The lowest BCUT2D eigenvalue weighted by atomic mass is 10.3. The highest BCUT2D eigenvalue weighted by molar-refractivity contribution is 5.85. The van der Waals surface area contributed by atoms with Crippen molar-refractivity contribution in [1.29, 1.82) is 0 Å². The van der Waals surface area contributed by atoms with Crippen molar-refractivity contribution < 1.29 is 10.6 Å². The van der Waals surface area contributed by atoms with Crippen LogP contribution in [0.1, 0.15) is 0 Å². The number of hydrogen-bond donors (Lipinski definition) is 1. The third-order valence-corrected chi connectivity index (χ3v) is 0.756.